The first-order valence-electron chi connectivity index (χ1n) is 8.55. The second kappa shape index (κ2) is 11.5. The van der Waals surface area contributed by atoms with Crippen LogP contribution in [0.4, 0.5) is 0 Å². The lowest BCUT2D eigenvalue weighted by Gasteiger charge is -2.27. The fourth-order valence-electron chi connectivity index (χ4n) is 2.87. The Labute approximate surface area is 167 Å². The minimum absolute atomic E-state index is 0. The number of hydrogen-bond donors (Lipinski definition) is 3. The molecular formula is C18H30IN3O3. The number of aliphatic imine (C=N–C) groups is 1. The Hall–Kier alpha value is -1.06. The number of benzene rings is 1. The Balaban J connectivity index is 0.00000312. The molecule has 142 valence electrons. The van der Waals surface area contributed by atoms with E-state index in [2.05, 4.69) is 15.6 Å². The molecule has 1 heterocycles. The van der Waals surface area contributed by atoms with Crippen molar-refractivity contribution in [3.05, 3.63) is 29.8 Å². The molecule has 1 aromatic carbocycles. The van der Waals surface area contributed by atoms with Crippen LogP contribution in [-0.2, 0) is 11.3 Å². The summed E-state index contributed by atoms with van der Waals surface area (Å²) < 4.78 is 10.8. The summed E-state index contributed by atoms with van der Waals surface area (Å²) in [7, 11) is 1.66. The maximum atomic E-state index is 9.32. The highest BCUT2D eigenvalue weighted by molar-refractivity contribution is 14.0. The van der Waals surface area contributed by atoms with Gasteiger partial charge in [0.25, 0.3) is 0 Å². The normalized spacial score (nSPS) is 20.0. The third-order valence-corrected chi connectivity index (χ3v) is 4.36. The van der Waals surface area contributed by atoms with E-state index in [1.807, 2.05) is 31.2 Å². The molecule has 6 nitrogen and oxygen atoms in total. The Bertz CT molecular complexity index is 534. The number of rotatable bonds is 8. The number of hydrogen-bond acceptors (Lipinski definition) is 4. The Morgan fingerprint density at radius 3 is 2.88 bits per heavy atom. The van der Waals surface area contributed by atoms with Crippen LogP contribution < -0.4 is 15.4 Å². The Morgan fingerprint density at radius 1 is 1.40 bits per heavy atom. The van der Waals surface area contributed by atoms with Crippen LogP contribution in [-0.4, -0.2) is 51.1 Å². The first-order valence-corrected chi connectivity index (χ1v) is 8.55. The van der Waals surface area contributed by atoms with Crippen LogP contribution >= 0.6 is 24.0 Å². The van der Waals surface area contributed by atoms with Crippen molar-refractivity contribution in [1.29, 1.82) is 0 Å². The molecule has 0 saturated carbocycles. The SMILES string of the molecule is CCNC(=NCc1cccc(OC)c1)NCC1(CCO)CCOC1.I. The van der Waals surface area contributed by atoms with Crippen LogP contribution in [0.5, 0.6) is 5.75 Å². The van der Waals surface area contributed by atoms with Gasteiger partial charge in [-0.25, -0.2) is 4.99 Å². The van der Waals surface area contributed by atoms with E-state index in [-0.39, 0.29) is 36.0 Å². The fourth-order valence-corrected chi connectivity index (χ4v) is 2.87. The molecule has 0 bridgehead atoms. The lowest BCUT2D eigenvalue weighted by Crippen LogP contribution is -2.44. The highest BCUT2D eigenvalue weighted by atomic mass is 127. The molecule has 2 rings (SSSR count). The lowest BCUT2D eigenvalue weighted by atomic mass is 9.84. The van der Waals surface area contributed by atoms with Gasteiger partial charge in [-0.2, -0.15) is 0 Å². The summed E-state index contributed by atoms with van der Waals surface area (Å²) in [4.78, 5) is 4.65. The number of guanidine groups is 1. The quantitative estimate of drug-likeness (QED) is 0.313. The van der Waals surface area contributed by atoms with Gasteiger partial charge in [0.2, 0.25) is 0 Å². The van der Waals surface area contributed by atoms with Crippen LogP contribution in [0.1, 0.15) is 25.3 Å². The van der Waals surface area contributed by atoms with Gasteiger partial charge in [-0.15, -0.1) is 24.0 Å². The topological polar surface area (TPSA) is 75.1 Å². The van der Waals surface area contributed by atoms with Gasteiger partial charge in [0, 0.05) is 31.7 Å². The van der Waals surface area contributed by atoms with Gasteiger partial charge in [-0.3, -0.25) is 0 Å². The first-order chi connectivity index (χ1) is 11.7. The zero-order chi connectivity index (χ0) is 17.3. The van der Waals surface area contributed by atoms with Crippen molar-refractivity contribution in [2.75, 3.05) is 40.0 Å². The number of methoxy groups -OCH3 is 1. The molecule has 7 heteroatoms. The van der Waals surface area contributed by atoms with E-state index in [1.54, 1.807) is 7.11 Å². The number of aliphatic hydroxyl groups is 1. The van der Waals surface area contributed by atoms with Crippen LogP contribution in [0, 0.1) is 5.41 Å². The van der Waals surface area contributed by atoms with E-state index >= 15 is 0 Å². The highest BCUT2D eigenvalue weighted by Gasteiger charge is 2.34. The number of ether oxygens (including phenoxy) is 2. The second-order valence-corrected chi connectivity index (χ2v) is 6.18. The molecule has 0 radical (unpaired) electrons. The van der Waals surface area contributed by atoms with Gasteiger partial charge in [0.05, 0.1) is 20.3 Å². The zero-order valence-electron chi connectivity index (χ0n) is 15.1. The van der Waals surface area contributed by atoms with Gasteiger partial charge in [-0.05, 0) is 37.5 Å². The predicted octanol–water partition coefficient (Wildman–Crippen LogP) is 2.16. The maximum absolute atomic E-state index is 9.32. The first kappa shape index (κ1) is 22.0. The van der Waals surface area contributed by atoms with E-state index in [4.69, 9.17) is 9.47 Å². The van der Waals surface area contributed by atoms with Gasteiger partial charge in [0.1, 0.15) is 5.75 Å². The predicted molar refractivity (Wildman–Crippen MR) is 111 cm³/mol. The molecule has 25 heavy (non-hydrogen) atoms. The molecule has 1 saturated heterocycles. The van der Waals surface area contributed by atoms with Crippen molar-refractivity contribution < 1.29 is 14.6 Å². The molecule has 0 amide bonds. The van der Waals surface area contributed by atoms with Crippen LogP contribution in [0.3, 0.4) is 0 Å². The Morgan fingerprint density at radius 2 is 2.24 bits per heavy atom. The maximum Gasteiger partial charge on any atom is 0.191 e. The van der Waals surface area contributed by atoms with E-state index in [1.165, 1.54) is 0 Å². The average molecular weight is 463 g/mol. The molecule has 1 fully saturated rings. The zero-order valence-corrected chi connectivity index (χ0v) is 17.4. The minimum Gasteiger partial charge on any atom is -0.497 e. The summed E-state index contributed by atoms with van der Waals surface area (Å²) in [5.41, 5.74) is 1.10. The molecule has 0 aromatic heterocycles. The largest absolute Gasteiger partial charge is 0.497 e. The fraction of sp³-hybridized carbons (Fsp3) is 0.611. The standard InChI is InChI=1S/C18H29N3O3.HI/c1-3-19-17(20-12-15-5-4-6-16(11-15)23-2)21-13-18(7-9-22)8-10-24-14-18;/h4-6,11,22H,3,7-10,12-14H2,1-2H3,(H2,19,20,21);1H. The third kappa shape index (κ3) is 6.99. The van der Waals surface area contributed by atoms with E-state index in [0.717, 1.165) is 49.8 Å². The van der Waals surface area contributed by atoms with Crippen molar-refractivity contribution in [2.24, 2.45) is 10.4 Å². The summed E-state index contributed by atoms with van der Waals surface area (Å²) in [6.45, 7) is 5.81. The second-order valence-electron chi connectivity index (χ2n) is 6.18. The summed E-state index contributed by atoms with van der Waals surface area (Å²) >= 11 is 0. The Kier molecular flexibility index (Phi) is 10.1. The number of aliphatic hydroxyl groups excluding tert-OH is 1. The number of nitrogens with one attached hydrogen (secondary N) is 2. The molecular weight excluding hydrogens is 433 g/mol. The molecule has 1 aliphatic rings. The van der Waals surface area contributed by atoms with Crippen molar-refractivity contribution in [3.63, 3.8) is 0 Å². The van der Waals surface area contributed by atoms with Gasteiger partial charge in [0.15, 0.2) is 5.96 Å². The highest BCUT2D eigenvalue weighted by Crippen LogP contribution is 2.31. The third-order valence-electron chi connectivity index (χ3n) is 4.36. The van der Waals surface area contributed by atoms with E-state index < -0.39 is 0 Å². The molecule has 0 spiro atoms. The van der Waals surface area contributed by atoms with Gasteiger partial charge in [-0.1, -0.05) is 12.1 Å². The van der Waals surface area contributed by atoms with E-state index in [0.29, 0.717) is 13.2 Å². The smallest absolute Gasteiger partial charge is 0.191 e. The van der Waals surface area contributed by atoms with Crippen molar-refractivity contribution in [3.8, 4) is 5.75 Å². The molecule has 1 aromatic rings. The number of nitrogens with zero attached hydrogens (tertiary/aromatic N) is 1. The van der Waals surface area contributed by atoms with Gasteiger partial charge < -0.3 is 25.2 Å². The summed E-state index contributed by atoms with van der Waals surface area (Å²) in [6, 6.07) is 7.92. The molecule has 0 aliphatic carbocycles. The van der Waals surface area contributed by atoms with Gasteiger partial charge >= 0.3 is 0 Å². The summed E-state index contributed by atoms with van der Waals surface area (Å²) in [6.07, 6.45) is 1.71. The summed E-state index contributed by atoms with van der Waals surface area (Å²) in [5.74, 6) is 1.62. The molecule has 1 unspecified atom stereocenters. The van der Waals surface area contributed by atoms with Crippen LogP contribution in [0.15, 0.2) is 29.3 Å². The van der Waals surface area contributed by atoms with Crippen molar-refractivity contribution in [1.82, 2.24) is 10.6 Å². The van der Waals surface area contributed by atoms with Crippen LogP contribution in [0.25, 0.3) is 0 Å². The minimum atomic E-state index is 0. The number of halogens is 1. The monoisotopic (exact) mass is 463 g/mol. The van der Waals surface area contributed by atoms with Crippen LogP contribution in [0.2, 0.25) is 0 Å². The average Bonchev–Trinajstić information content (AvgIpc) is 3.07. The lowest BCUT2D eigenvalue weighted by molar-refractivity contribution is 0.127. The van der Waals surface area contributed by atoms with Crippen molar-refractivity contribution >= 4 is 29.9 Å². The van der Waals surface area contributed by atoms with E-state index in [9.17, 15) is 5.11 Å². The molecule has 3 N–H and O–H groups in total. The molecule has 1 aliphatic heterocycles. The molecule has 1 atom stereocenters. The van der Waals surface area contributed by atoms with Crippen molar-refractivity contribution in [2.45, 2.75) is 26.3 Å². The summed E-state index contributed by atoms with van der Waals surface area (Å²) in [5, 5.41) is 16.0.